The first-order valence-electron chi connectivity index (χ1n) is 9.28. The Labute approximate surface area is 176 Å². The third kappa shape index (κ3) is 3.27. The fraction of sp³-hybridized carbons (Fsp3) is 0. The summed E-state index contributed by atoms with van der Waals surface area (Å²) in [5, 5.41) is 21.2. The van der Waals surface area contributed by atoms with Crippen molar-refractivity contribution in [1.29, 1.82) is 0 Å². The number of hydrogen-bond donors (Lipinski definition) is 2. The van der Waals surface area contributed by atoms with E-state index < -0.39 is 7.12 Å². The van der Waals surface area contributed by atoms with Crippen molar-refractivity contribution >= 4 is 50.4 Å². The van der Waals surface area contributed by atoms with Crippen molar-refractivity contribution in [2.75, 3.05) is 0 Å². The van der Waals surface area contributed by atoms with Crippen molar-refractivity contribution < 1.29 is 14.5 Å². The highest BCUT2D eigenvalue weighted by Crippen LogP contribution is 2.38. The molecule has 2 N–H and O–H groups in total. The molecule has 5 aromatic rings. The van der Waals surface area contributed by atoms with Gasteiger partial charge in [-0.1, -0.05) is 70.5 Å². The van der Waals surface area contributed by atoms with E-state index in [1.807, 2.05) is 48.5 Å². The lowest BCUT2D eigenvalue weighted by Gasteiger charge is -2.07. The molecule has 0 atom stereocenters. The molecule has 1 heterocycles. The van der Waals surface area contributed by atoms with Crippen molar-refractivity contribution in [3.63, 3.8) is 0 Å². The molecule has 5 heteroatoms. The highest BCUT2D eigenvalue weighted by Gasteiger charge is 2.16. The van der Waals surface area contributed by atoms with Crippen LogP contribution < -0.4 is 5.46 Å². The van der Waals surface area contributed by atoms with Crippen molar-refractivity contribution in [2.24, 2.45) is 0 Å². The largest absolute Gasteiger partial charge is 0.488 e. The lowest BCUT2D eigenvalue weighted by Crippen LogP contribution is -2.29. The van der Waals surface area contributed by atoms with Crippen LogP contribution >= 0.6 is 15.9 Å². The lowest BCUT2D eigenvalue weighted by molar-refractivity contribution is 0.426. The first-order valence-corrected chi connectivity index (χ1v) is 10.1. The molecule has 0 amide bonds. The molecule has 0 bridgehead atoms. The third-order valence-electron chi connectivity index (χ3n) is 5.13. The molecule has 0 aliphatic heterocycles. The number of hydrogen-bond acceptors (Lipinski definition) is 3. The zero-order valence-electron chi connectivity index (χ0n) is 15.3. The molecule has 0 aliphatic carbocycles. The zero-order valence-corrected chi connectivity index (χ0v) is 16.9. The average Bonchev–Trinajstić information content (AvgIpc) is 3.11. The Morgan fingerprint density at radius 2 is 1.52 bits per heavy atom. The van der Waals surface area contributed by atoms with Gasteiger partial charge in [-0.05, 0) is 58.0 Å². The predicted octanol–water partition coefficient (Wildman–Crippen LogP) is 5.36. The first-order chi connectivity index (χ1) is 14.1. The Balaban J connectivity index is 1.71. The summed E-state index contributed by atoms with van der Waals surface area (Å²) in [6, 6.07) is 27.9. The Morgan fingerprint density at radius 1 is 0.690 bits per heavy atom. The Morgan fingerprint density at radius 3 is 2.31 bits per heavy atom. The second-order valence-corrected chi connectivity index (χ2v) is 7.92. The number of furan rings is 1. The fourth-order valence-electron chi connectivity index (χ4n) is 3.79. The second-order valence-electron chi connectivity index (χ2n) is 7.00. The highest BCUT2D eigenvalue weighted by molar-refractivity contribution is 9.10. The third-order valence-corrected chi connectivity index (χ3v) is 5.59. The molecular formula is C24H16BBrO3. The molecule has 0 radical (unpaired) electrons. The van der Waals surface area contributed by atoms with Crippen molar-refractivity contribution in [2.45, 2.75) is 0 Å². The van der Waals surface area contributed by atoms with Crippen LogP contribution in [-0.2, 0) is 0 Å². The van der Waals surface area contributed by atoms with E-state index in [9.17, 15) is 10.0 Å². The second kappa shape index (κ2) is 7.19. The van der Waals surface area contributed by atoms with E-state index in [4.69, 9.17) is 4.42 Å². The van der Waals surface area contributed by atoms with Crippen LogP contribution in [0, 0.1) is 0 Å². The van der Waals surface area contributed by atoms with Gasteiger partial charge in [-0.15, -0.1) is 0 Å². The van der Waals surface area contributed by atoms with Crippen LogP contribution in [0.3, 0.4) is 0 Å². The van der Waals surface area contributed by atoms with Gasteiger partial charge in [0.15, 0.2) is 0 Å². The molecule has 140 valence electrons. The maximum absolute atomic E-state index is 9.54. The monoisotopic (exact) mass is 442 g/mol. The fourth-order valence-corrected chi connectivity index (χ4v) is 4.30. The zero-order chi connectivity index (χ0) is 20.0. The normalized spacial score (nSPS) is 11.3. The molecule has 5 rings (SSSR count). The van der Waals surface area contributed by atoms with Crippen LogP contribution in [-0.4, -0.2) is 17.2 Å². The van der Waals surface area contributed by atoms with Crippen LogP contribution in [0.25, 0.3) is 44.2 Å². The molecule has 0 aliphatic rings. The van der Waals surface area contributed by atoms with Gasteiger partial charge < -0.3 is 14.5 Å². The Kier molecular flexibility index (Phi) is 4.51. The molecule has 0 unspecified atom stereocenters. The number of benzene rings is 4. The first kappa shape index (κ1) is 18.2. The van der Waals surface area contributed by atoms with Gasteiger partial charge in [0.05, 0.1) is 0 Å². The minimum Gasteiger partial charge on any atom is -0.456 e. The molecule has 29 heavy (non-hydrogen) atoms. The molecule has 1 aromatic heterocycles. The number of fused-ring (bicyclic) bond motifs is 3. The topological polar surface area (TPSA) is 53.6 Å². The Hall–Kier alpha value is -2.86. The van der Waals surface area contributed by atoms with Crippen molar-refractivity contribution in [1.82, 2.24) is 0 Å². The minimum absolute atomic E-state index is 0.436. The summed E-state index contributed by atoms with van der Waals surface area (Å²) >= 11 is 3.45. The molecule has 0 saturated heterocycles. The number of rotatable bonds is 3. The van der Waals surface area contributed by atoms with Crippen molar-refractivity contribution in [3.8, 4) is 22.3 Å². The van der Waals surface area contributed by atoms with E-state index in [0.717, 1.165) is 48.7 Å². The summed E-state index contributed by atoms with van der Waals surface area (Å²) in [4.78, 5) is 0. The minimum atomic E-state index is -1.52. The van der Waals surface area contributed by atoms with E-state index in [1.54, 1.807) is 12.1 Å². The predicted molar refractivity (Wildman–Crippen MR) is 122 cm³/mol. The van der Waals surface area contributed by atoms with Gasteiger partial charge in [-0.3, -0.25) is 0 Å². The summed E-state index contributed by atoms with van der Waals surface area (Å²) in [7, 11) is -1.52. The summed E-state index contributed by atoms with van der Waals surface area (Å²) in [6.45, 7) is 0. The standard InChI is InChI=1S/C24H16BBrO3/c26-19-12-17(11-18(14-19)25(27)28)16-9-10-21-23(13-16)29-22-8-4-7-20(24(21)22)15-5-2-1-3-6-15/h1-14,27-28H. The molecule has 0 saturated carbocycles. The van der Waals surface area contributed by atoms with Crippen LogP contribution in [0.1, 0.15) is 0 Å². The van der Waals surface area contributed by atoms with E-state index in [2.05, 4.69) is 40.2 Å². The van der Waals surface area contributed by atoms with Gasteiger partial charge in [0.1, 0.15) is 11.2 Å². The van der Waals surface area contributed by atoms with E-state index in [1.165, 1.54) is 0 Å². The molecule has 3 nitrogen and oxygen atoms in total. The van der Waals surface area contributed by atoms with Crippen LogP contribution in [0.5, 0.6) is 0 Å². The van der Waals surface area contributed by atoms with E-state index in [0.29, 0.717) is 5.46 Å². The maximum atomic E-state index is 9.54. The number of halogens is 1. The maximum Gasteiger partial charge on any atom is 0.488 e. The summed E-state index contributed by atoms with van der Waals surface area (Å²) in [6.07, 6.45) is 0. The van der Waals surface area contributed by atoms with E-state index >= 15 is 0 Å². The van der Waals surface area contributed by atoms with Gasteiger partial charge in [-0.25, -0.2) is 0 Å². The SMILES string of the molecule is OB(O)c1cc(Br)cc(-c2ccc3c(c2)oc2cccc(-c4ccccc4)c23)c1. The molecule has 0 fully saturated rings. The van der Waals surface area contributed by atoms with Gasteiger partial charge in [0.2, 0.25) is 0 Å². The highest BCUT2D eigenvalue weighted by atomic mass is 79.9. The van der Waals surface area contributed by atoms with Gasteiger partial charge >= 0.3 is 7.12 Å². The van der Waals surface area contributed by atoms with E-state index in [-0.39, 0.29) is 0 Å². The van der Waals surface area contributed by atoms with Gasteiger partial charge in [-0.2, -0.15) is 0 Å². The van der Waals surface area contributed by atoms with Crippen LogP contribution in [0.2, 0.25) is 0 Å². The van der Waals surface area contributed by atoms with Gasteiger partial charge in [0.25, 0.3) is 0 Å². The quantitative estimate of drug-likeness (QED) is 0.369. The molecular weight excluding hydrogens is 427 g/mol. The summed E-state index contributed by atoms with van der Waals surface area (Å²) in [5.41, 5.74) is 6.20. The summed E-state index contributed by atoms with van der Waals surface area (Å²) < 4.78 is 6.96. The lowest BCUT2D eigenvalue weighted by atomic mass is 9.79. The van der Waals surface area contributed by atoms with Crippen molar-refractivity contribution in [3.05, 3.63) is 89.4 Å². The van der Waals surface area contributed by atoms with Crippen LogP contribution in [0.15, 0.2) is 93.8 Å². The average molecular weight is 443 g/mol. The smallest absolute Gasteiger partial charge is 0.456 e. The molecule has 4 aromatic carbocycles. The Bertz CT molecular complexity index is 1340. The van der Waals surface area contributed by atoms with Crippen LogP contribution in [0.4, 0.5) is 0 Å². The summed E-state index contributed by atoms with van der Waals surface area (Å²) in [5.74, 6) is 0. The molecule has 0 spiro atoms. The van der Waals surface area contributed by atoms with Gasteiger partial charge in [0, 0.05) is 15.2 Å².